The SMILES string of the molecule is CC(C)CC(=O)C[C@](C)(O)[C@H]1CC[C@H]2[C@@H]3C[C@H](OS(=O)(=O)O)[C@H]4C[C@@H](O[C@@H]5O[C@H](C(=O)[O-])[C@@H](O)[C@H](O)[C@H]5O)CC[C@]4(C)C3=CC[C@@]21C.[Na+]. The zero-order chi connectivity index (χ0) is 34.9. The van der Waals surface area contributed by atoms with Crippen molar-refractivity contribution in [2.75, 3.05) is 0 Å². The number of aliphatic hydroxyl groups is 4. The second kappa shape index (κ2) is 14.5. The molecule has 3 saturated carbocycles. The van der Waals surface area contributed by atoms with Crippen LogP contribution in [0.5, 0.6) is 0 Å². The molecule has 0 bridgehead atoms. The summed E-state index contributed by atoms with van der Waals surface area (Å²) < 4.78 is 50.8. The van der Waals surface area contributed by atoms with Crippen molar-refractivity contribution in [3.63, 3.8) is 0 Å². The van der Waals surface area contributed by atoms with Gasteiger partial charge in [0.05, 0.1) is 23.8 Å². The number of ether oxygens (including phenoxy) is 2. The Labute approximate surface area is 305 Å². The van der Waals surface area contributed by atoms with E-state index in [-0.39, 0.29) is 77.3 Å². The Morgan fingerprint density at radius 2 is 1.75 bits per heavy atom. The van der Waals surface area contributed by atoms with Gasteiger partial charge in [0.2, 0.25) is 0 Å². The second-order valence-electron chi connectivity index (χ2n) is 16.0. The van der Waals surface area contributed by atoms with Gasteiger partial charge in [0.15, 0.2) is 6.29 Å². The molecule has 0 aromatic heterocycles. The summed E-state index contributed by atoms with van der Waals surface area (Å²) >= 11 is 0. The number of carboxylic acid groups (broad SMARTS) is 1. The van der Waals surface area contributed by atoms with E-state index in [9.17, 15) is 48.1 Å². The molecular weight excluding hydrogens is 659 g/mol. The molecule has 0 radical (unpaired) electrons. The fourth-order valence-electron chi connectivity index (χ4n) is 10.3. The number of fused-ring (bicyclic) bond motifs is 5. The summed E-state index contributed by atoms with van der Waals surface area (Å²) in [6, 6.07) is 0. The van der Waals surface area contributed by atoms with Gasteiger partial charge in [-0.25, -0.2) is 4.18 Å². The van der Waals surface area contributed by atoms with E-state index < -0.39 is 76.2 Å². The van der Waals surface area contributed by atoms with Crippen molar-refractivity contribution in [1.29, 1.82) is 0 Å². The Balaban J connectivity index is 0.00000520. The minimum absolute atomic E-state index is 0. The Kier molecular flexibility index (Phi) is 12.2. The van der Waals surface area contributed by atoms with Gasteiger partial charge in [-0.05, 0) is 92.3 Å². The van der Waals surface area contributed by atoms with E-state index in [1.165, 1.54) is 5.57 Å². The van der Waals surface area contributed by atoms with Gasteiger partial charge in [-0.3, -0.25) is 9.35 Å². The van der Waals surface area contributed by atoms with Gasteiger partial charge in [-0.15, -0.1) is 0 Å². The Morgan fingerprint density at radius 1 is 1.08 bits per heavy atom. The van der Waals surface area contributed by atoms with E-state index >= 15 is 0 Å². The van der Waals surface area contributed by atoms with Gasteiger partial charge in [0, 0.05) is 12.8 Å². The fraction of sp³-hybridized carbons (Fsp3) is 0.879. The van der Waals surface area contributed by atoms with Crippen molar-refractivity contribution in [3.8, 4) is 0 Å². The van der Waals surface area contributed by atoms with Crippen molar-refractivity contribution < 1.29 is 91.3 Å². The predicted octanol–water partition coefficient (Wildman–Crippen LogP) is -1.93. The third-order valence-electron chi connectivity index (χ3n) is 12.3. The number of ketones is 1. The maximum Gasteiger partial charge on any atom is 1.00 e. The van der Waals surface area contributed by atoms with E-state index in [0.29, 0.717) is 32.1 Å². The van der Waals surface area contributed by atoms with Gasteiger partial charge in [-0.2, -0.15) is 8.42 Å². The van der Waals surface area contributed by atoms with Crippen LogP contribution in [0.15, 0.2) is 11.6 Å². The molecule has 13 nitrogen and oxygen atoms in total. The van der Waals surface area contributed by atoms with Crippen LogP contribution >= 0.6 is 0 Å². The first-order chi connectivity index (χ1) is 21.7. The zero-order valence-electron chi connectivity index (χ0n) is 28.8. The molecule has 48 heavy (non-hydrogen) atoms. The number of carboxylic acids is 1. The molecule has 5 aliphatic rings. The minimum atomic E-state index is -4.85. The number of rotatable bonds is 10. The molecule has 14 atom stereocenters. The van der Waals surface area contributed by atoms with Crippen LogP contribution in [0.25, 0.3) is 0 Å². The maximum atomic E-state index is 12.8. The van der Waals surface area contributed by atoms with Crippen molar-refractivity contribution >= 4 is 22.2 Å². The second-order valence-corrected chi connectivity index (χ2v) is 17.0. The average molecular weight is 711 g/mol. The number of carbonyl (C=O) groups is 2. The van der Waals surface area contributed by atoms with Gasteiger partial charge in [-0.1, -0.05) is 39.3 Å². The Bertz CT molecular complexity index is 1350. The molecule has 5 N–H and O–H groups in total. The summed E-state index contributed by atoms with van der Waals surface area (Å²) in [7, 11) is -4.85. The van der Waals surface area contributed by atoms with Crippen LogP contribution in [0.2, 0.25) is 0 Å². The van der Waals surface area contributed by atoms with Crippen LogP contribution in [0.3, 0.4) is 0 Å². The largest absolute Gasteiger partial charge is 1.00 e. The van der Waals surface area contributed by atoms with Crippen molar-refractivity contribution in [3.05, 3.63) is 11.6 Å². The number of aliphatic hydroxyl groups excluding tert-OH is 3. The molecule has 0 aromatic carbocycles. The topological polar surface area (TPSA) is 220 Å². The molecule has 0 amide bonds. The van der Waals surface area contributed by atoms with Gasteiger partial charge < -0.3 is 39.8 Å². The van der Waals surface area contributed by atoms with E-state index in [1.807, 2.05) is 13.8 Å². The third-order valence-corrected chi connectivity index (χ3v) is 12.8. The monoisotopic (exact) mass is 710 g/mol. The molecule has 5 rings (SSSR count). The number of Topliss-reactive ketones (excluding diaryl/α,β-unsaturated/α-hetero) is 1. The van der Waals surface area contributed by atoms with Crippen molar-refractivity contribution in [1.82, 2.24) is 0 Å². The van der Waals surface area contributed by atoms with Crippen LogP contribution < -0.4 is 34.7 Å². The number of hydrogen-bond acceptors (Lipinski definition) is 12. The molecule has 268 valence electrons. The van der Waals surface area contributed by atoms with E-state index in [4.69, 9.17) is 13.7 Å². The molecule has 0 spiro atoms. The minimum Gasteiger partial charge on any atom is -0.547 e. The van der Waals surface area contributed by atoms with Crippen LogP contribution in [-0.4, -0.2) is 93.7 Å². The van der Waals surface area contributed by atoms with Crippen LogP contribution in [0, 0.1) is 40.4 Å². The summed E-state index contributed by atoms with van der Waals surface area (Å²) in [5.74, 6) is -2.16. The smallest absolute Gasteiger partial charge is 0.547 e. The standard InChI is InChI=1S/C33H52O13S.Na/c1-16(2)12-17(34)15-33(5,40)24-7-6-20-19-14-23(46-47(41,42)43)22-13-18(8-10-31(22,3)21(19)9-11-32(20,24)4)44-30-27(37)25(35)26(36)28(45-30)29(38)39;/h9,16,18-20,22-28,30,35-37,40H,6-8,10-15H2,1-5H3,(H,38,39)(H,41,42,43);/q;+1/p-1/t18-,19-,20-,22+,23-,24-,25-,26-,27+,28-,30+,31+,32-,33-;/m0./s1. The Hall–Kier alpha value is -0.490. The van der Waals surface area contributed by atoms with Crippen LogP contribution in [-0.2, 0) is 33.6 Å². The molecule has 1 aliphatic heterocycles. The normalized spacial score (nSPS) is 44.0. The molecular formula is C33H51NaO13S. The van der Waals surface area contributed by atoms with Crippen LogP contribution in [0.4, 0.5) is 0 Å². The first-order valence-corrected chi connectivity index (χ1v) is 18.2. The van der Waals surface area contributed by atoms with E-state index in [1.54, 1.807) is 6.92 Å². The molecule has 1 heterocycles. The molecule has 4 aliphatic carbocycles. The first kappa shape index (κ1) is 40.3. The quantitative estimate of drug-likeness (QED) is 0.0723. The number of aliphatic carboxylic acids is 1. The third kappa shape index (κ3) is 7.66. The molecule has 1 saturated heterocycles. The van der Waals surface area contributed by atoms with Crippen molar-refractivity contribution in [2.24, 2.45) is 40.4 Å². The average Bonchev–Trinajstić information content (AvgIpc) is 3.30. The summed E-state index contributed by atoms with van der Waals surface area (Å²) in [6.07, 6.45) is -4.29. The van der Waals surface area contributed by atoms with E-state index in [2.05, 4.69) is 19.9 Å². The molecule has 0 aromatic rings. The first-order valence-electron chi connectivity index (χ1n) is 16.8. The molecule has 4 fully saturated rings. The van der Waals surface area contributed by atoms with Gasteiger partial charge in [0.25, 0.3) is 0 Å². The fourth-order valence-corrected chi connectivity index (χ4v) is 10.8. The zero-order valence-corrected chi connectivity index (χ0v) is 31.6. The van der Waals surface area contributed by atoms with Crippen LogP contribution in [0.1, 0.15) is 92.4 Å². The predicted molar refractivity (Wildman–Crippen MR) is 163 cm³/mol. The Morgan fingerprint density at radius 3 is 2.35 bits per heavy atom. The number of allylic oxidation sites excluding steroid dienone is 2. The van der Waals surface area contributed by atoms with Gasteiger partial charge in [0.1, 0.15) is 30.2 Å². The maximum absolute atomic E-state index is 12.8. The number of carbonyl (C=O) groups excluding carboxylic acids is 2. The van der Waals surface area contributed by atoms with Gasteiger partial charge >= 0.3 is 40.0 Å². The van der Waals surface area contributed by atoms with E-state index in [0.717, 1.165) is 12.8 Å². The summed E-state index contributed by atoms with van der Waals surface area (Å²) in [6.45, 7) is 9.92. The van der Waals surface area contributed by atoms with Crippen molar-refractivity contribution in [2.45, 2.75) is 141 Å². The molecule has 15 heteroatoms. The molecule has 0 unspecified atom stereocenters. The summed E-state index contributed by atoms with van der Waals surface area (Å²) in [4.78, 5) is 24.3. The number of hydrogen-bond donors (Lipinski definition) is 5. The summed E-state index contributed by atoms with van der Waals surface area (Å²) in [5, 5.41) is 53.9. The summed E-state index contributed by atoms with van der Waals surface area (Å²) in [5.41, 5.74) is -0.925.